The molecule has 7 heteroatoms. The molecule has 1 amide bonds. The van der Waals surface area contributed by atoms with Crippen LogP contribution in [0.25, 0.3) is 10.9 Å². The number of likely N-dealkylation sites (N-methyl/N-ethyl adjacent to an activating group) is 1. The normalized spacial score (nSPS) is 23.7. The molecule has 3 atom stereocenters. The summed E-state index contributed by atoms with van der Waals surface area (Å²) in [5, 5.41) is 12.2. The van der Waals surface area contributed by atoms with Crippen LogP contribution in [0.2, 0.25) is 5.15 Å². The van der Waals surface area contributed by atoms with Crippen LogP contribution in [-0.4, -0.2) is 45.6 Å². The number of carbonyl (C=O) groups excluding carboxylic acids is 1. The predicted octanol–water partition coefficient (Wildman–Crippen LogP) is 3.99. The molecule has 3 heterocycles. The van der Waals surface area contributed by atoms with Crippen molar-refractivity contribution in [1.82, 2.24) is 20.1 Å². The summed E-state index contributed by atoms with van der Waals surface area (Å²) < 4.78 is 0. The van der Waals surface area contributed by atoms with E-state index in [2.05, 4.69) is 56.8 Å². The Balaban J connectivity index is 1.27. The van der Waals surface area contributed by atoms with Gasteiger partial charge in [-0.15, -0.1) is 10.2 Å². The largest absolute Gasteiger partial charge is 0.361 e. The molecule has 1 aliphatic heterocycles. The third-order valence-electron chi connectivity index (χ3n) is 6.49. The van der Waals surface area contributed by atoms with Gasteiger partial charge in [0.25, 0.3) is 0 Å². The van der Waals surface area contributed by atoms with E-state index in [9.17, 15) is 4.79 Å². The number of aromatic amines is 1. The van der Waals surface area contributed by atoms with Crippen molar-refractivity contribution < 1.29 is 4.79 Å². The first-order chi connectivity index (χ1) is 14.1. The molecule has 1 fully saturated rings. The van der Waals surface area contributed by atoms with Crippen LogP contribution in [0.15, 0.2) is 36.5 Å². The highest BCUT2D eigenvalue weighted by Gasteiger charge is 2.39. The monoisotopic (exact) mass is 409 g/mol. The van der Waals surface area contributed by atoms with E-state index in [1.807, 2.05) is 0 Å². The third-order valence-corrected chi connectivity index (χ3v) is 6.69. The van der Waals surface area contributed by atoms with Gasteiger partial charge >= 0.3 is 0 Å². The average Bonchev–Trinajstić information content (AvgIpc) is 3.13. The Hall–Kier alpha value is -2.44. The molecule has 1 aliphatic carbocycles. The maximum absolute atomic E-state index is 12.4. The Kier molecular flexibility index (Phi) is 4.76. The lowest BCUT2D eigenvalue weighted by Gasteiger charge is -2.45. The maximum atomic E-state index is 12.4. The molecular weight excluding hydrogens is 386 g/mol. The number of carbonyl (C=O) groups is 1. The zero-order chi connectivity index (χ0) is 20.0. The van der Waals surface area contributed by atoms with Gasteiger partial charge in [0.15, 0.2) is 11.0 Å². The molecule has 150 valence electrons. The zero-order valence-corrected chi connectivity index (χ0v) is 17.1. The minimum atomic E-state index is -0.0231. The number of anilines is 1. The standard InChI is InChI=1S/C22H24ClN5O/c1-28-12-13(5-8-21(29)25-20-7-6-19(23)26-27-20)9-16-15-3-2-4-17-22(15)14(11-24-17)10-18(16)28/h2-4,6-7,11,13,16,18,24H,5,8-10,12H2,1H3,(H,25,27,29)/t13?,16-,18-/m1/s1. The molecule has 1 unspecified atom stereocenters. The minimum Gasteiger partial charge on any atom is -0.361 e. The summed E-state index contributed by atoms with van der Waals surface area (Å²) >= 11 is 5.74. The summed E-state index contributed by atoms with van der Waals surface area (Å²) in [6.45, 7) is 1.03. The Labute approximate surface area is 174 Å². The lowest BCUT2D eigenvalue weighted by molar-refractivity contribution is -0.116. The van der Waals surface area contributed by atoms with Crippen molar-refractivity contribution in [3.05, 3.63) is 52.8 Å². The van der Waals surface area contributed by atoms with E-state index >= 15 is 0 Å². The second kappa shape index (κ2) is 7.43. The van der Waals surface area contributed by atoms with Crippen molar-refractivity contribution in [2.24, 2.45) is 5.92 Å². The lowest BCUT2D eigenvalue weighted by Crippen LogP contribution is -2.47. The van der Waals surface area contributed by atoms with Gasteiger partial charge in [0.2, 0.25) is 5.91 Å². The number of aromatic nitrogens is 3. The van der Waals surface area contributed by atoms with Gasteiger partial charge in [-0.3, -0.25) is 4.79 Å². The number of likely N-dealkylation sites (tertiary alicyclic amines) is 1. The highest BCUT2D eigenvalue weighted by molar-refractivity contribution is 6.29. The van der Waals surface area contributed by atoms with E-state index in [1.54, 1.807) is 12.1 Å². The Morgan fingerprint density at radius 2 is 2.21 bits per heavy atom. The molecule has 2 N–H and O–H groups in total. The second-order valence-corrected chi connectivity index (χ2v) is 8.72. The highest BCUT2D eigenvalue weighted by atomic mass is 35.5. The van der Waals surface area contributed by atoms with Crippen LogP contribution in [0.4, 0.5) is 5.82 Å². The number of amides is 1. The van der Waals surface area contributed by atoms with E-state index in [0.717, 1.165) is 25.8 Å². The summed E-state index contributed by atoms with van der Waals surface area (Å²) in [4.78, 5) is 18.3. The first kappa shape index (κ1) is 18.6. The van der Waals surface area contributed by atoms with Crippen LogP contribution in [0.3, 0.4) is 0 Å². The van der Waals surface area contributed by atoms with Gasteiger partial charge in [-0.25, -0.2) is 0 Å². The SMILES string of the molecule is CN1CC(CCC(=O)Nc2ccc(Cl)nn2)C[C@@H]2c3cccc4[nH]cc(c34)C[C@H]21. The predicted molar refractivity (Wildman–Crippen MR) is 114 cm³/mol. The number of nitrogens with zero attached hydrogens (tertiary/aromatic N) is 3. The minimum absolute atomic E-state index is 0.0231. The molecule has 0 saturated carbocycles. The van der Waals surface area contributed by atoms with Gasteiger partial charge in [-0.1, -0.05) is 23.7 Å². The van der Waals surface area contributed by atoms with Crippen molar-refractivity contribution in [3.63, 3.8) is 0 Å². The number of benzene rings is 1. The number of halogens is 1. The van der Waals surface area contributed by atoms with Crippen LogP contribution >= 0.6 is 11.6 Å². The quantitative estimate of drug-likeness (QED) is 0.683. The number of H-pyrrole nitrogens is 1. The highest BCUT2D eigenvalue weighted by Crippen LogP contribution is 2.45. The van der Waals surface area contributed by atoms with Gasteiger partial charge in [0.1, 0.15) is 0 Å². The third kappa shape index (κ3) is 3.51. The smallest absolute Gasteiger partial charge is 0.225 e. The van der Waals surface area contributed by atoms with Crippen molar-refractivity contribution in [1.29, 1.82) is 0 Å². The fourth-order valence-corrected chi connectivity index (χ4v) is 5.29. The first-order valence-electron chi connectivity index (χ1n) is 10.2. The van der Waals surface area contributed by atoms with E-state index in [1.165, 1.54) is 22.0 Å². The Bertz CT molecular complexity index is 1050. The summed E-state index contributed by atoms with van der Waals surface area (Å²) in [5.41, 5.74) is 4.14. The fraction of sp³-hybridized carbons (Fsp3) is 0.409. The van der Waals surface area contributed by atoms with Crippen molar-refractivity contribution in [2.75, 3.05) is 18.9 Å². The van der Waals surface area contributed by atoms with Crippen LogP contribution in [0.1, 0.15) is 36.3 Å². The fourth-order valence-electron chi connectivity index (χ4n) is 5.19. The number of piperidine rings is 1. The topological polar surface area (TPSA) is 73.9 Å². The van der Waals surface area contributed by atoms with Gasteiger partial charge in [0, 0.05) is 42.0 Å². The molecule has 29 heavy (non-hydrogen) atoms. The molecule has 0 spiro atoms. The number of nitrogens with one attached hydrogen (secondary N) is 2. The molecule has 1 saturated heterocycles. The molecule has 3 aromatic rings. The van der Waals surface area contributed by atoms with E-state index in [4.69, 9.17) is 11.6 Å². The van der Waals surface area contributed by atoms with Gasteiger partial charge in [0.05, 0.1) is 0 Å². The zero-order valence-electron chi connectivity index (χ0n) is 16.4. The molecule has 2 aliphatic rings. The molecule has 0 radical (unpaired) electrons. The van der Waals surface area contributed by atoms with Crippen LogP contribution in [0.5, 0.6) is 0 Å². The average molecular weight is 410 g/mol. The lowest BCUT2D eigenvalue weighted by atomic mass is 9.71. The van der Waals surface area contributed by atoms with Crippen molar-refractivity contribution in [3.8, 4) is 0 Å². The molecule has 1 aromatic carbocycles. The first-order valence-corrected chi connectivity index (χ1v) is 10.5. The van der Waals surface area contributed by atoms with Gasteiger partial charge in [-0.05, 0) is 61.6 Å². The molecular formula is C22H24ClN5O. The Morgan fingerprint density at radius 3 is 3.03 bits per heavy atom. The molecule has 5 rings (SSSR count). The summed E-state index contributed by atoms with van der Waals surface area (Å²) in [5.74, 6) is 1.44. The molecule has 6 nitrogen and oxygen atoms in total. The maximum Gasteiger partial charge on any atom is 0.225 e. The molecule has 0 bridgehead atoms. The number of fused-ring (bicyclic) bond motifs is 2. The van der Waals surface area contributed by atoms with Gasteiger partial charge < -0.3 is 15.2 Å². The van der Waals surface area contributed by atoms with Crippen LogP contribution in [0, 0.1) is 5.92 Å². The number of hydrogen-bond donors (Lipinski definition) is 2. The summed E-state index contributed by atoms with van der Waals surface area (Å²) in [7, 11) is 2.23. The summed E-state index contributed by atoms with van der Waals surface area (Å²) in [6, 6.07) is 10.4. The van der Waals surface area contributed by atoms with Gasteiger partial charge in [-0.2, -0.15) is 0 Å². The van der Waals surface area contributed by atoms with Crippen molar-refractivity contribution in [2.45, 2.75) is 37.6 Å². The van der Waals surface area contributed by atoms with Crippen molar-refractivity contribution >= 4 is 34.2 Å². The summed E-state index contributed by atoms with van der Waals surface area (Å²) in [6.07, 6.45) is 5.76. The van der Waals surface area contributed by atoms with E-state index in [-0.39, 0.29) is 5.91 Å². The van der Waals surface area contributed by atoms with Crippen LogP contribution < -0.4 is 5.32 Å². The van der Waals surface area contributed by atoms with E-state index < -0.39 is 0 Å². The second-order valence-electron chi connectivity index (χ2n) is 8.33. The molecule has 2 aromatic heterocycles. The number of hydrogen-bond acceptors (Lipinski definition) is 4. The van der Waals surface area contributed by atoms with E-state index in [0.29, 0.717) is 35.3 Å². The van der Waals surface area contributed by atoms with Crippen LogP contribution in [-0.2, 0) is 11.2 Å². The number of rotatable bonds is 4. The Morgan fingerprint density at radius 1 is 1.31 bits per heavy atom.